The van der Waals surface area contributed by atoms with E-state index in [1.54, 1.807) is 0 Å². The molecule has 0 heterocycles. The van der Waals surface area contributed by atoms with Crippen molar-refractivity contribution in [3.63, 3.8) is 0 Å². The molecule has 0 aliphatic heterocycles. The molecule has 0 spiro atoms. The van der Waals surface area contributed by atoms with Gasteiger partial charge in [0.15, 0.2) is 0 Å². The number of Topliss-reactive ketones (excluding diaryl/α,β-unsaturated/α-hetero) is 1. The summed E-state index contributed by atoms with van der Waals surface area (Å²) in [4.78, 5) is 10.2. The first kappa shape index (κ1) is 17.7. The van der Waals surface area contributed by atoms with Crippen LogP contribution in [0.5, 0.6) is 0 Å². The van der Waals surface area contributed by atoms with Crippen molar-refractivity contribution in [3.05, 3.63) is 11.3 Å². The van der Waals surface area contributed by atoms with Crippen molar-refractivity contribution in [1.82, 2.24) is 0 Å². The van der Waals surface area contributed by atoms with E-state index in [0.717, 1.165) is 0 Å². The molecule has 0 radical (unpaired) electrons. The van der Waals surface area contributed by atoms with Gasteiger partial charge < -0.3 is 5.11 Å². The van der Waals surface area contributed by atoms with Crippen molar-refractivity contribution in [3.8, 4) is 6.07 Å². The Labute approximate surface area is 107 Å². The molecule has 0 saturated carbocycles. The third-order valence-electron chi connectivity index (χ3n) is 1.08. The zero-order valence-corrected chi connectivity index (χ0v) is 9.53. The molecule has 0 aliphatic carbocycles. The Morgan fingerprint density at radius 3 is 1.62 bits per heavy atom. The molecule has 3 nitrogen and oxygen atoms in total. The van der Waals surface area contributed by atoms with Gasteiger partial charge in [-0.25, -0.2) is 0 Å². The maximum Gasteiger partial charge on any atom is 1.00 e. The average molecular weight is 255 g/mol. The summed E-state index contributed by atoms with van der Waals surface area (Å²) < 4.78 is 69.6. The number of rotatable bonds is 1. The second kappa shape index (κ2) is 5.56. The van der Waals surface area contributed by atoms with Crippen LogP contribution in [0, 0.1) is 11.3 Å². The van der Waals surface area contributed by atoms with Crippen LogP contribution < -0.4 is 34.7 Å². The van der Waals surface area contributed by atoms with E-state index >= 15 is 0 Å². The van der Waals surface area contributed by atoms with Crippen molar-refractivity contribution >= 4 is 5.78 Å². The van der Waals surface area contributed by atoms with Gasteiger partial charge in [-0.05, 0) is 5.76 Å². The molecule has 0 rings (SSSR count). The Balaban J connectivity index is 0. The third kappa shape index (κ3) is 4.42. The number of nitrogens with zero attached hydrogens (tertiary/aromatic N) is 1. The summed E-state index contributed by atoms with van der Waals surface area (Å²) in [7, 11) is 0. The number of hydrogen-bond acceptors (Lipinski definition) is 3. The molecule has 10 heteroatoms. The van der Waals surface area contributed by atoms with Gasteiger partial charge in [-0.15, -0.1) is 0 Å². The van der Waals surface area contributed by atoms with Crippen molar-refractivity contribution in [2.75, 3.05) is 0 Å². The summed E-state index contributed by atoms with van der Waals surface area (Å²) in [5.41, 5.74) is -2.49. The van der Waals surface area contributed by atoms with Crippen molar-refractivity contribution in [1.29, 1.82) is 5.26 Å². The van der Waals surface area contributed by atoms with Crippen molar-refractivity contribution in [2.45, 2.75) is 12.4 Å². The van der Waals surface area contributed by atoms with Gasteiger partial charge in [0, 0.05) is 0 Å². The molecule has 0 amide bonds. The minimum absolute atomic E-state index is 0. The predicted molar refractivity (Wildman–Crippen MR) is 29.8 cm³/mol. The predicted octanol–water partition coefficient (Wildman–Crippen LogP) is -2.18. The van der Waals surface area contributed by atoms with Crippen LogP contribution in [0.3, 0.4) is 0 Å². The normalized spacial score (nSPS) is 13.3. The number of carbonyl (C=O) groups is 1. The molecule has 0 atom stereocenters. The van der Waals surface area contributed by atoms with Gasteiger partial charge in [-0.3, -0.25) is 4.79 Å². The summed E-state index contributed by atoms with van der Waals surface area (Å²) >= 11 is 0. The molecule has 16 heavy (non-hydrogen) atoms. The van der Waals surface area contributed by atoms with Crippen LogP contribution in [0.25, 0.3) is 0 Å². The first-order valence-corrected chi connectivity index (χ1v) is 3.02. The van der Waals surface area contributed by atoms with E-state index in [-0.39, 0.29) is 29.6 Å². The number of nitriles is 1. The van der Waals surface area contributed by atoms with Gasteiger partial charge in [-0.2, -0.15) is 31.6 Å². The summed E-state index contributed by atoms with van der Waals surface area (Å²) in [5, 5.41) is 18.0. The number of ketones is 1. The Bertz CT molecular complexity index is 350. The molecule has 0 unspecified atom stereocenters. The summed E-state index contributed by atoms with van der Waals surface area (Å²) in [6.07, 6.45) is -11.4. The van der Waals surface area contributed by atoms with Gasteiger partial charge in [0.05, 0.1) is 0 Å². The van der Waals surface area contributed by atoms with Crippen LogP contribution in [0.4, 0.5) is 26.3 Å². The number of alkyl halides is 6. The van der Waals surface area contributed by atoms with Gasteiger partial charge in [0.25, 0.3) is 5.78 Å². The van der Waals surface area contributed by atoms with Crippen molar-refractivity contribution < 1.29 is 65.8 Å². The molecular formula is C6F6NNaO2. The minimum atomic E-state index is -5.69. The van der Waals surface area contributed by atoms with Crippen LogP contribution in [-0.2, 0) is 4.79 Å². The zero-order valence-electron chi connectivity index (χ0n) is 7.53. The second-order valence-corrected chi connectivity index (χ2v) is 2.14. The Morgan fingerprint density at radius 2 is 1.44 bits per heavy atom. The first-order valence-electron chi connectivity index (χ1n) is 3.02. The van der Waals surface area contributed by atoms with E-state index in [1.165, 1.54) is 0 Å². The molecule has 0 aliphatic rings. The number of allylic oxidation sites excluding steroid dienone is 2. The van der Waals surface area contributed by atoms with Crippen molar-refractivity contribution in [2.24, 2.45) is 0 Å². The van der Waals surface area contributed by atoms with Crippen LogP contribution >= 0.6 is 0 Å². The molecule has 0 bridgehead atoms. The molecule has 0 aromatic rings. The molecule has 0 N–H and O–H groups in total. The Hall–Kier alpha value is -0.720. The van der Waals surface area contributed by atoms with E-state index in [2.05, 4.69) is 0 Å². The first-order chi connectivity index (χ1) is 6.51. The standard InChI is InChI=1S/C6HF6NO2.Na/c7-5(8,9)3(14)2(1-13)4(15)6(10,11)12;/h14H;/q;+1/p-1/b3-2-;. The van der Waals surface area contributed by atoms with E-state index in [0.29, 0.717) is 6.07 Å². The SMILES string of the molecule is N#C/C(C(=O)C(F)(F)F)=C(/[O-])C(F)(F)F.[Na+]. The van der Waals surface area contributed by atoms with Gasteiger partial charge in [-0.1, -0.05) is 0 Å². The minimum Gasteiger partial charge on any atom is -0.868 e. The maximum atomic E-state index is 11.6. The topological polar surface area (TPSA) is 63.9 Å². The van der Waals surface area contributed by atoms with E-state index in [4.69, 9.17) is 5.26 Å². The van der Waals surface area contributed by atoms with Gasteiger partial charge in [0.2, 0.25) is 0 Å². The average Bonchev–Trinajstić information content (AvgIpc) is 2.01. The zero-order chi connectivity index (χ0) is 12.4. The maximum absolute atomic E-state index is 11.6. The second-order valence-electron chi connectivity index (χ2n) is 2.14. The fourth-order valence-electron chi connectivity index (χ4n) is 0.488. The fourth-order valence-corrected chi connectivity index (χ4v) is 0.488. The Kier molecular flexibility index (Phi) is 6.14. The van der Waals surface area contributed by atoms with Crippen LogP contribution in [0.1, 0.15) is 0 Å². The number of carbonyl (C=O) groups excluding carboxylic acids is 1. The van der Waals surface area contributed by atoms with Crippen LogP contribution in [-0.4, -0.2) is 18.1 Å². The van der Waals surface area contributed by atoms with Crippen LogP contribution in [0.2, 0.25) is 0 Å². The monoisotopic (exact) mass is 255 g/mol. The third-order valence-corrected chi connectivity index (χ3v) is 1.08. The molecule has 0 aromatic heterocycles. The molecule has 84 valence electrons. The largest absolute Gasteiger partial charge is 1.00 e. The van der Waals surface area contributed by atoms with E-state index < -0.39 is 29.5 Å². The fraction of sp³-hybridized carbons (Fsp3) is 0.333. The quantitative estimate of drug-likeness (QED) is 0.176. The summed E-state index contributed by atoms with van der Waals surface area (Å²) in [5.74, 6) is -6.21. The molecule has 0 aromatic carbocycles. The number of hydrogen-bond donors (Lipinski definition) is 0. The van der Waals surface area contributed by atoms with Crippen LogP contribution in [0.15, 0.2) is 11.3 Å². The summed E-state index contributed by atoms with van der Waals surface area (Å²) in [6.45, 7) is 0. The molecule has 0 fully saturated rings. The number of halogens is 6. The van der Waals surface area contributed by atoms with Gasteiger partial charge >= 0.3 is 41.9 Å². The summed E-state index contributed by atoms with van der Waals surface area (Å²) in [6, 6.07) is 0.292. The van der Waals surface area contributed by atoms with E-state index in [1.807, 2.05) is 0 Å². The van der Waals surface area contributed by atoms with Gasteiger partial charge in [0.1, 0.15) is 11.6 Å². The Morgan fingerprint density at radius 1 is 1.06 bits per heavy atom. The molecule has 0 saturated heterocycles. The smallest absolute Gasteiger partial charge is 0.868 e. The van der Waals surface area contributed by atoms with E-state index in [9.17, 15) is 36.2 Å². The molecular weight excluding hydrogens is 255 g/mol.